The molecule has 4 N–H and O–H groups in total. The van der Waals surface area contributed by atoms with Gasteiger partial charge in [-0.05, 0) is 26.2 Å². The van der Waals surface area contributed by atoms with Crippen LogP contribution in [-0.4, -0.2) is 81.7 Å². The number of carboxylic acids is 1. The fraction of sp³-hybridized carbons (Fsp3) is 0.576. The van der Waals surface area contributed by atoms with E-state index in [0.29, 0.717) is 32.1 Å². The van der Waals surface area contributed by atoms with Crippen LogP contribution in [0.5, 0.6) is 0 Å². The van der Waals surface area contributed by atoms with Gasteiger partial charge in [0.1, 0.15) is 6.10 Å². The number of aliphatic hydroxyl groups is 3. The molecular formula is C33H46O9. The minimum Gasteiger partial charge on any atom is -0.479 e. The lowest BCUT2D eigenvalue weighted by atomic mass is 9.73. The average molecular weight is 587 g/mol. The van der Waals surface area contributed by atoms with E-state index in [1.54, 1.807) is 24.3 Å². The second-order valence-electron chi connectivity index (χ2n) is 11.7. The summed E-state index contributed by atoms with van der Waals surface area (Å²) in [5, 5.41) is 39.4. The lowest BCUT2D eigenvalue weighted by molar-refractivity contribution is -0.198. The number of hydrogen-bond acceptors (Lipinski definition) is 8. The Morgan fingerprint density at radius 1 is 1.14 bits per heavy atom. The smallest absolute Gasteiger partial charge is 0.332 e. The van der Waals surface area contributed by atoms with E-state index in [-0.39, 0.29) is 37.3 Å². The molecule has 9 heteroatoms. The number of rotatable bonds is 6. The molecule has 3 aliphatic heterocycles. The zero-order valence-corrected chi connectivity index (χ0v) is 24.7. The average Bonchev–Trinajstić information content (AvgIpc) is 2.94. The highest BCUT2D eigenvalue weighted by Crippen LogP contribution is 2.41. The summed E-state index contributed by atoms with van der Waals surface area (Å²) < 4.78 is 18.5. The first-order valence-electron chi connectivity index (χ1n) is 14.7. The van der Waals surface area contributed by atoms with Crippen LogP contribution in [0.3, 0.4) is 0 Å². The molecule has 0 aromatic carbocycles. The second kappa shape index (κ2) is 16.1. The van der Waals surface area contributed by atoms with Crippen LogP contribution in [0.25, 0.3) is 0 Å². The van der Waals surface area contributed by atoms with Gasteiger partial charge in [-0.3, -0.25) is 0 Å². The van der Waals surface area contributed by atoms with Crippen LogP contribution in [-0.2, 0) is 23.8 Å². The molecule has 0 spiro atoms. The molecule has 2 fully saturated rings. The van der Waals surface area contributed by atoms with E-state index in [1.165, 1.54) is 6.08 Å². The van der Waals surface area contributed by atoms with E-state index in [9.17, 15) is 24.9 Å². The molecule has 0 unspecified atom stereocenters. The minimum absolute atomic E-state index is 0.0213. The van der Waals surface area contributed by atoms with Crippen molar-refractivity contribution in [3.63, 3.8) is 0 Å². The molecule has 3 rings (SSSR count). The van der Waals surface area contributed by atoms with Gasteiger partial charge in [0.05, 0.1) is 42.5 Å². The van der Waals surface area contributed by atoms with Gasteiger partial charge in [0, 0.05) is 31.3 Å². The quantitative estimate of drug-likeness (QED) is 0.269. The van der Waals surface area contributed by atoms with Gasteiger partial charge < -0.3 is 34.6 Å². The minimum atomic E-state index is -1.49. The molecule has 42 heavy (non-hydrogen) atoms. The molecule has 0 amide bonds. The summed E-state index contributed by atoms with van der Waals surface area (Å²) in [5.41, 5.74) is 0.130. The summed E-state index contributed by atoms with van der Waals surface area (Å²) in [4.78, 5) is 23.7. The van der Waals surface area contributed by atoms with E-state index >= 15 is 0 Å². The zero-order chi connectivity index (χ0) is 30.7. The van der Waals surface area contributed by atoms with Crippen molar-refractivity contribution in [2.75, 3.05) is 6.61 Å². The van der Waals surface area contributed by atoms with Gasteiger partial charge in [0.25, 0.3) is 0 Å². The summed E-state index contributed by atoms with van der Waals surface area (Å²) >= 11 is 0. The normalized spacial score (nSPS) is 39.7. The number of carbonyl (C=O) groups is 2. The summed E-state index contributed by atoms with van der Waals surface area (Å²) in [5.74, 6) is -1.86. The van der Waals surface area contributed by atoms with Crippen LogP contribution < -0.4 is 0 Å². The molecular weight excluding hydrogens is 540 g/mol. The number of hydrogen-bond donors (Lipinski definition) is 4. The standard InChI is InChI=1S/C33H46O9/c1-22-12-6-4-7-14-25-20-30(33(3,21-34)29(41-25)16-11-10-15-26(35)32(38)39)42-31(37)17-9-5-8-13-24-19-27(36)23(2)28(18-22)40-24/h5-12,14,17-18,23-30,34-36H,4,13,15-16,19-21H2,1-3H3,(H,38,39)/b8-5-,11-10+,12-6-,14-7-,17-9-,22-18+/t23-,24+,25-,26-,27+,28-,29+,30-,33+/m1/s1. The van der Waals surface area contributed by atoms with Crippen LogP contribution in [0.4, 0.5) is 0 Å². The van der Waals surface area contributed by atoms with Gasteiger partial charge in [-0.1, -0.05) is 80.2 Å². The van der Waals surface area contributed by atoms with Crippen molar-refractivity contribution in [1.29, 1.82) is 0 Å². The second-order valence-corrected chi connectivity index (χ2v) is 11.7. The molecule has 9 nitrogen and oxygen atoms in total. The summed E-state index contributed by atoms with van der Waals surface area (Å²) in [6.45, 7) is 5.52. The first kappa shape index (κ1) is 33.7. The van der Waals surface area contributed by atoms with Crippen molar-refractivity contribution in [2.45, 2.75) is 102 Å². The number of aliphatic carboxylic acids is 1. The highest BCUT2D eigenvalue weighted by Gasteiger charge is 2.49. The Hall–Kier alpha value is -2.82. The van der Waals surface area contributed by atoms with Gasteiger partial charge in [-0.15, -0.1) is 0 Å². The van der Waals surface area contributed by atoms with Crippen molar-refractivity contribution in [3.05, 3.63) is 72.4 Å². The lowest BCUT2D eigenvalue weighted by Crippen LogP contribution is -2.55. The van der Waals surface area contributed by atoms with Crippen LogP contribution in [0.1, 0.15) is 59.3 Å². The highest BCUT2D eigenvalue weighted by atomic mass is 16.6. The first-order valence-corrected chi connectivity index (χ1v) is 14.7. The molecule has 2 saturated heterocycles. The van der Waals surface area contributed by atoms with Gasteiger partial charge in [0.15, 0.2) is 6.10 Å². The Morgan fingerprint density at radius 3 is 2.67 bits per heavy atom. The van der Waals surface area contributed by atoms with Crippen molar-refractivity contribution in [1.82, 2.24) is 0 Å². The Balaban J connectivity index is 1.82. The van der Waals surface area contributed by atoms with Crippen LogP contribution in [0.2, 0.25) is 0 Å². The molecule has 232 valence electrons. The van der Waals surface area contributed by atoms with Crippen LogP contribution in [0.15, 0.2) is 72.4 Å². The Morgan fingerprint density at radius 2 is 1.93 bits per heavy atom. The van der Waals surface area contributed by atoms with E-state index in [2.05, 4.69) is 6.08 Å². The molecule has 0 saturated carbocycles. The number of allylic oxidation sites excluding steroid dienone is 6. The largest absolute Gasteiger partial charge is 0.479 e. The fourth-order valence-corrected chi connectivity index (χ4v) is 5.44. The topological polar surface area (TPSA) is 143 Å². The molecule has 0 aromatic heterocycles. The fourth-order valence-electron chi connectivity index (χ4n) is 5.44. The predicted octanol–water partition coefficient (Wildman–Crippen LogP) is 3.96. The monoisotopic (exact) mass is 586 g/mol. The van der Waals surface area contributed by atoms with Crippen molar-refractivity contribution in [3.8, 4) is 0 Å². The number of carbonyl (C=O) groups excluding carboxylic acids is 1. The molecule has 9 atom stereocenters. The summed E-state index contributed by atoms with van der Waals surface area (Å²) in [6.07, 6.45) is 18.5. The Labute approximate surface area is 248 Å². The third-order valence-corrected chi connectivity index (χ3v) is 8.31. The SMILES string of the molecule is CC1=C\[C@H]2O[C@@H](C/C=C\C=C/C(=O)O[C@@H]3C[C@@H](/C=C\C/C=C\1)O[C@@H](C/C=C/C[C@@H](O)C(=O)O)[C@]3(C)CO)C[C@H](O)[C@H]2C. The summed E-state index contributed by atoms with van der Waals surface area (Å²) in [7, 11) is 0. The molecule has 3 aliphatic rings. The van der Waals surface area contributed by atoms with E-state index < -0.39 is 41.8 Å². The number of ether oxygens (including phenoxy) is 3. The number of carboxylic acid groups (broad SMARTS) is 1. The number of esters is 1. The summed E-state index contributed by atoms with van der Waals surface area (Å²) in [6, 6.07) is 0. The maximum absolute atomic E-state index is 12.8. The van der Waals surface area contributed by atoms with Crippen molar-refractivity contribution in [2.24, 2.45) is 11.3 Å². The molecule has 4 bridgehead atoms. The van der Waals surface area contributed by atoms with Gasteiger partial charge in [-0.25, -0.2) is 9.59 Å². The molecule has 0 aliphatic carbocycles. The van der Waals surface area contributed by atoms with Gasteiger partial charge >= 0.3 is 11.9 Å². The lowest BCUT2D eigenvalue weighted by Gasteiger charge is -2.47. The van der Waals surface area contributed by atoms with E-state index in [1.807, 2.05) is 51.2 Å². The van der Waals surface area contributed by atoms with Crippen LogP contribution in [0, 0.1) is 11.3 Å². The molecule has 0 radical (unpaired) electrons. The van der Waals surface area contributed by atoms with E-state index in [4.69, 9.17) is 19.3 Å². The Bertz CT molecular complexity index is 1090. The predicted molar refractivity (Wildman–Crippen MR) is 158 cm³/mol. The molecule has 3 heterocycles. The van der Waals surface area contributed by atoms with Crippen LogP contribution >= 0.6 is 0 Å². The van der Waals surface area contributed by atoms with Gasteiger partial charge in [0.2, 0.25) is 0 Å². The maximum atomic E-state index is 12.8. The maximum Gasteiger partial charge on any atom is 0.332 e. The zero-order valence-electron chi connectivity index (χ0n) is 24.7. The first-order chi connectivity index (χ1) is 20.0. The Kier molecular flexibility index (Phi) is 12.9. The van der Waals surface area contributed by atoms with Crippen molar-refractivity contribution < 1.29 is 44.2 Å². The van der Waals surface area contributed by atoms with Gasteiger partial charge in [-0.2, -0.15) is 0 Å². The third-order valence-electron chi connectivity index (χ3n) is 8.31. The highest BCUT2D eigenvalue weighted by molar-refractivity contribution is 5.82. The molecule has 0 aromatic rings. The van der Waals surface area contributed by atoms with E-state index in [0.717, 1.165) is 5.57 Å². The third kappa shape index (κ3) is 9.61. The van der Waals surface area contributed by atoms with Crippen molar-refractivity contribution >= 4 is 11.9 Å². The number of fused-ring (bicyclic) bond motifs is 4. The number of aliphatic hydroxyl groups excluding tert-OH is 3.